The van der Waals surface area contributed by atoms with Crippen LogP contribution in [0.1, 0.15) is 17.0 Å². The molecule has 0 radical (unpaired) electrons. The Morgan fingerprint density at radius 3 is 2.55 bits per heavy atom. The highest BCUT2D eigenvalue weighted by Gasteiger charge is 2.04. The minimum Gasteiger partial charge on any atom is -0.507 e. The second-order valence-corrected chi connectivity index (χ2v) is 5.06. The third-order valence-electron chi connectivity index (χ3n) is 3.29. The smallest absolute Gasteiger partial charge is 0.243 e. The molecule has 1 aromatic heterocycles. The van der Waals surface area contributed by atoms with Gasteiger partial charge in [0.15, 0.2) is 0 Å². The zero-order chi connectivity index (χ0) is 15.5. The fraction of sp³-hybridized carbons (Fsp3) is 0.118. The summed E-state index contributed by atoms with van der Waals surface area (Å²) in [7, 11) is 0. The number of aryl methyl sites for hydroxylation is 2. The van der Waals surface area contributed by atoms with E-state index in [1.807, 2.05) is 50.2 Å². The maximum absolute atomic E-state index is 10.0. The molecule has 0 unspecified atom stereocenters. The molecule has 5 nitrogen and oxygen atoms in total. The quantitative estimate of drug-likeness (QED) is 0.573. The number of nitrogens with one attached hydrogen (secondary N) is 1. The fourth-order valence-corrected chi connectivity index (χ4v) is 2.35. The van der Waals surface area contributed by atoms with Crippen LogP contribution in [-0.4, -0.2) is 21.3 Å². The van der Waals surface area contributed by atoms with E-state index in [9.17, 15) is 5.11 Å². The Balaban J connectivity index is 1.91. The highest BCUT2D eigenvalue weighted by molar-refractivity contribution is 6.02. The Morgan fingerprint density at radius 1 is 1.05 bits per heavy atom. The van der Waals surface area contributed by atoms with Gasteiger partial charge in [0.25, 0.3) is 0 Å². The third kappa shape index (κ3) is 2.88. The van der Waals surface area contributed by atoms with Gasteiger partial charge >= 0.3 is 0 Å². The number of hydrogen-bond donors (Lipinski definition) is 2. The summed E-state index contributed by atoms with van der Waals surface area (Å²) in [6.45, 7) is 3.81. The predicted molar refractivity (Wildman–Crippen MR) is 88.3 cm³/mol. The molecule has 3 aromatic rings. The average Bonchev–Trinajstić information content (AvgIpc) is 2.48. The monoisotopic (exact) mass is 292 g/mol. The van der Waals surface area contributed by atoms with Crippen LogP contribution >= 0.6 is 0 Å². The molecular formula is C17H16N4O. The van der Waals surface area contributed by atoms with E-state index in [2.05, 4.69) is 20.5 Å². The number of rotatable bonds is 3. The van der Waals surface area contributed by atoms with Crippen molar-refractivity contribution in [1.82, 2.24) is 9.97 Å². The van der Waals surface area contributed by atoms with E-state index >= 15 is 0 Å². The highest BCUT2D eigenvalue weighted by atomic mass is 16.3. The summed E-state index contributed by atoms with van der Waals surface area (Å²) < 4.78 is 0. The van der Waals surface area contributed by atoms with Gasteiger partial charge in [0.05, 0.1) is 6.21 Å². The minimum atomic E-state index is 0.186. The molecule has 0 aliphatic rings. The first-order valence-corrected chi connectivity index (χ1v) is 6.95. The van der Waals surface area contributed by atoms with Crippen molar-refractivity contribution in [3.8, 4) is 5.75 Å². The first kappa shape index (κ1) is 14.0. The highest BCUT2D eigenvalue weighted by Crippen LogP contribution is 2.25. The molecule has 5 heteroatoms. The first-order valence-electron chi connectivity index (χ1n) is 6.95. The maximum Gasteiger partial charge on any atom is 0.243 e. The van der Waals surface area contributed by atoms with Gasteiger partial charge < -0.3 is 5.11 Å². The van der Waals surface area contributed by atoms with Gasteiger partial charge in [-0.05, 0) is 36.8 Å². The topological polar surface area (TPSA) is 70.4 Å². The minimum absolute atomic E-state index is 0.186. The van der Waals surface area contributed by atoms with Crippen molar-refractivity contribution in [3.05, 3.63) is 59.4 Å². The third-order valence-corrected chi connectivity index (χ3v) is 3.29. The lowest BCUT2D eigenvalue weighted by Gasteiger charge is -2.05. The molecule has 0 fully saturated rings. The second kappa shape index (κ2) is 5.81. The molecule has 2 N–H and O–H groups in total. The number of phenolic OH excluding ortho intramolecular Hbond substituents is 1. The molecule has 0 aliphatic carbocycles. The van der Waals surface area contributed by atoms with Crippen LogP contribution in [0.2, 0.25) is 0 Å². The lowest BCUT2D eigenvalue weighted by molar-refractivity contribution is 0.475. The van der Waals surface area contributed by atoms with E-state index in [1.54, 1.807) is 12.3 Å². The first-order chi connectivity index (χ1) is 10.6. The Kier molecular flexibility index (Phi) is 3.70. The predicted octanol–water partition coefficient (Wildman–Crippen LogP) is 3.40. The molecule has 1 heterocycles. The number of phenols is 1. The van der Waals surface area contributed by atoms with Crippen molar-refractivity contribution in [3.63, 3.8) is 0 Å². The zero-order valence-electron chi connectivity index (χ0n) is 12.4. The number of hydrazone groups is 1. The normalized spacial score (nSPS) is 11.2. The molecule has 0 bridgehead atoms. The summed E-state index contributed by atoms with van der Waals surface area (Å²) in [4.78, 5) is 8.50. The molecule has 3 rings (SSSR count). The Labute approximate surface area is 128 Å². The Morgan fingerprint density at radius 2 is 1.77 bits per heavy atom. The number of anilines is 1. The van der Waals surface area contributed by atoms with Gasteiger partial charge in [0.1, 0.15) is 5.75 Å². The van der Waals surface area contributed by atoms with Gasteiger partial charge in [-0.15, -0.1) is 0 Å². The van der Waals surface area contributed by atoms with Gasteiger partial charge in [0.2, 0.25) is 5.95 Å². The molecule has 0 atom stereocenters. The molecule has 0 spiro atoms. The van der Waals surface area contributed by atoms with E-state index in [-0.39, 0.29) is 5.75 Å². The van der Waals surface area contributed by atoms with Crippen LogP contribution in [0.15, 0.2) is 47.6 Å². The van der Waals surface area contributed by atoms with E-state index in [0.717, 1.165) is 22.2 Å². The molecule has 0 aliphatic heterocycles. The molecule has 110 valence electrons. The number of fused-ring (bicyclic) bond motifs is 1. The van der Waals surface area contributed by atoms with Crippen molar-refractivity contribution in [1.29, 1.82) is 0 Å². The van der Waals surface area contributed by atoms with Crippen LogP contribution in [-0.2, 0) is 0 Å². The summed E-state index contributed by atoms with van der Waals surface area (Å²) in [6.07, 6.45) is 1.58. The summed E-state index contributed by atoms with van der Waals surface area (Å²) in [5, 5.41) is 16.2. The second-order valence-electron chi connectivity index (χ2n) is 5.06. The maximum atomic E-state index is 10.0. The van der Waals surface area contributed by atoms with Crippen LogP contribution in [0.3, 0.4) is 0 Å². The van der Waals surface area contributed by atoms with Crippen molar-refractivity contribution < 1.29 is 5.11 Å². The van der Waals surface area contributed by atoms with Crippen molar-refractivity contribution in [2.75, 3.05) is 5.43 Å². The van der Waals surface area contributed by atoms with E-state index in [4.69, 9.17) is 0 Å². The van der Waals surface area contributed by atoms with Crippen LogP contribution in [0.4, 0.5) is 5.95 Å². The zero-order valence-corrected chi connectivity index (χ0v) is 12.4. The van der Waals surface area contributed by atoms with E-state index in [1.165, 1.54) is 0 Å². The lowest BCUT2D eigenvalue weighted by Crippen LogP contribution is -2.00. The molecule has 2 aromatic carbocycles. The van der Waals surface area contributed by atoms with Gasteiger partial charge in [-0.1, -0.05) is 30.3 Å². The molecule has 22 heavy (non-hydrogen) atoms. The van der Waals surface area contributed by atoms with Gasteiger partial charge in [-0.2, -0.15) is 5.10 Å². The van der Waals surface area contributed by atoms with Crippen LogP contribution in [0.25, 0.3) is 10.8 Å². The van der Waals surface area contributed by atoms with Crippen molar-refractivity contribution >= 4 is 22.9 Å². The fourth-order valence-electron chi connectivity index (χ4n) is 2.35. The lowest BCUT2D eigenvalue weighted by atomic mass is 10.0. The van der Waals surface area contributed by atoms with Gasteiger partial charge in [-0.25, -0.2) is 15.4 Å². The van der Waals surface area contributed by atoms with Crippen LogP contribution in [0, 0.1) is 13.8 Å². The summed E-state index contributed by atoms with van der Waals surface area (Å²) in [6, 6.07) is 13.3. The summed E-state index contributed by atoms with van der Waals surface area (Å²) in [5.74, 6) is 0.624. The van der Waals surface area contributed by atoms with Crippen LogP contribution < -0.4 is 5.43 Å². The summed E-state index contributed by atoms with van der Waals surface area (Å²) >= 11 is 0. The molecule has 0 amide bonds. The molecule has 0 saturated carbocycles. The van der Waals surface area contributed by atoms with E-state index < -0.39 is 0 Å². The largest absolute Gasteiger partial charge is 0.507 e. The van der Waals surface area contributed by atoms with Crippen LogP contribution in [0.5, 0.6) is 5.75 Å². The molecular weight excluding hydrogens is 276 g/mol. The van der Waals surface area contributed by atoms with Crippen molar-refractivity contribution in [2.24, 2.45) is 5.10 Å². The molecule has 0 saturated heterocycles. The number of hydrogen-bond acceptors (Lipinski definition) is 5. The van der Waals surface area contributed by atoms with Gasteiger partial charge in [-0.3, -0.25) is 0 Å². The average molecular weight is 292 g/mol. The number of aromatic nitrogens is 2. The number of benzene rings is 2. The number of nitrogens with zero attached hydrogens (tertiary/aromatic N) is 3. The van der Waals surface area contributed by atoms with Crippen molar-refractivity contribution in [2.45, 2.75) is 13.8 Å². The SMILES string of the molecule is Cc1cc(C)nc(NN=Cc2c(O)ccc3ccccc23)n1. The Hall–Kier alpha value is -2.95. The standard InChI is InChI=1S/C17H16N4O/c1-11-9-12(2)20-17(19-11)21-18-10-15-14-6-4-3-5-13(14)7-8-16(15)22/h3-10,22H,1-2H3,(H,19,20,21). The number of aromatic hydroxyl groups is 1. The Bertz CT molecular complexity index is 838. The van der Waals surface area contributed by atoms with Gasteiger partial charge in [0, 0.05) is 17.0 Å². The van der Waals surface area contributed by atoms with E-state index in [0.29, 0.717) is 11.5 Å². The summed E-state index contributed by atoms with van der Waals surface area (Å²) in [5.41, 5.74) is 5.21.